The summed E-state index contributed by atoms with van der Waals surface area (Å²) in [4.78, 5) is 10.8. The van der Waals surface area contributed by atoms with Crippen LogP contribution >= 0.6 is 0 Å². The van der Waals surface area contributed by atoms with Gasteiger partial charge in [-0.2, -0.15) is 0 Å². The van der Waals surface area contributed by atoms with E-state index in [2.05, 4.69) is 32.0 Å². The first-order valence-corrected chi connectivity index (χ1v) is 6.40. The number of carbonyl (C=O) groups is 1. The SMILES string of the molecule is C/C(=C\C(=O)O)c1cn(C)c2ccc(C(C)C)cc12. The quantitative estimate of drug-likeness (QED) is 0.850. The molecule has 0 radical (unpaired) electrons. The molecular weight excluding hydrogens is 238 g/mol. The molecule has 0 saturated heterocycles. The minimum absolute atomic E-state index is 0.459. The van der Waals surface area contributed by atoms with Crippen LogP contribution in [0.4, 0.5) is 0 Å². The molecule has 1 N–H and O–H groups in total. The lowest BCUT2D eigenvalue weighted by molar-refractivity contribution is -0.131. The van der Waals surface area contributed by atoms with E-state index in [1.807, 2.05) is 24.7 Å². The lowest BCUT2D eigenvalue weighted by atomic mass is 9.98. The summed E-state index contributed by atoms with van der Waals surface area (Å²) >= 11 is 0. The van der Waals surface area contributed by atoms with Crippen LogP contribution in [0.2, 0.25) is 0 Å². The molecule has 0 unspecified atom stereocenters. The average molecular weight is 257 g/mol. The molecule has 1 heterocycles. The molecule has 0 spiro atoms. The lowest BCUT2D eigenvalue weighted by Gasteiger charge is -2.06. The number of aryl methyl sites for hydroxylation is 1. The van der Waals surface area contributed by atoms with Crippen molar-refractivity contribution in [2.45, 2.75) is 26.7 Å². The molecule has 3 heteroatoms. The zero-order chi connectivity index (χ0) is 14.2. The van der Waals surface area contributed by atoms with Crippen LogP contribution in [0, 0.1) is 0 Å². The summed E-state index contributed by atoms with van der Waals surface area (Å²) < 4.78 is 2.04. The summed E-state index contributed by atoms with van der Waals surface area (Å²) in [5.74, 6) is -0.448. The zero-order valence-corrected chi connectivity index (χ0v) is 11.8. The van der Waals surface area contributed by atoms with Crippen molar-refractivity contribution in [3.05, 3.63) is 41.6 Å². The van der Waals surface area contributed by atoms with Crippen LogP contribution in [-0.4, -0.2) is 15.6 Å². The summed E-state index contributed by atoms with van der Waals surface area (Å²) in [6.07, 6.45) is 3.25. The monoisotopic (exact) mass is 257 g/mol. The first kappa shape index (κ1) is 13.4. The summed E-state index contributed by atoms with van der Waals surface area (Å²) in [7, 11) is 1.98. The molecule has 3 nitrogen and oxygen atoms in total. The van der Waals surface area contributed by atoms with Crippen LogP contribution in [-0.2, 0) is 11.8 Å². The predicted molar refractivity (Wildman–Crippen MR) is 78.3 cm³/mol. The molecule has 1 aromatic carbocycles. The van der Waals surface area contributed by atoms with E-state index in [0.29, 0.717) is 5.92 Å². The number of hydrogen-bond acceptors (Lipinski definition) is 1. The van der Waals surface area contributed by atoms with Gasteiger partial charge in [-0.15, -0.1) is 0 Å². The Morgan fingerprint density at radius 2 is 2.05 bits per heavy atom. The van der Waals surface area contributed by atoms with Crippen LogP contribution in [0.15, 0.2) is 30.5 Å². The Kier molecular flexibility index (Phi) is 3.47. The number of rotatable bonds is 3. The Bertz CT molecular complexity index is 663. The maximum atomic E-state index is 10.8. The molecule has 0 saturated carbocycles. The van der Waals surface area contributed by atoms with E-state index < -0.39 is 5.97 Å². The minimum Gasteiger partial charge on any atom is -0.478 e. The Morgan fingerprint density at radius 3 is 2.63 bits per heavy atom. The van der Waals surface area contributed by atoms with Gasteiger partial charge in [0.1, 0.15) is 0 Å². The van der Waals surface area contributed by atoms with Crippen LogP contribution in [0.25, 0.3) is 16.5 Å². The summed E-state index contributed by atoms with van der Waals surface area (Å²) in [6, 6.07) is 6.39. The average Bonchev–Trinajstić information content (AvgIpc) is 2.65. The maximum absolute atomic E-state index is 10.8. The van der Waals surface area contributed by atoms with E-state index in [0.717, 1.165) is 22.0 Å². The first-order valence-electron chi connectivity index (χ1n) is 6.40. The Labute approximate surface area is 113 Å². The van der Waals surface area contributed by atoms with Gasteiger partial charge in [-0.1, -0.05) is 19.9 Å². The van der Waals surface area contributed by atoms with Crippen LogP contribution in [0.3, 0.4) is 0 Å². The van der Waals surface area contributed by atoms with Crippen molar-refractivity contribution < 1.29 is 9.90 Å². The van der Waals surface area contributed by atoms with Gasteiger partial charge in [-0.25, -0.2) is 4.79 Å². The summed E-state index contributed by atoms with van der Waals surface area (Å²) in [6.45, 7) is 6.15. The molecule has 0 atom stereocenters. The maximum Gasteiger partial charge on any atom is 0.328 e. The van der Waals surface area contributed by atoms with Crippen molar-refractivity contribution >= 4 is 22.4 Å². The van der Waals surface area contributed by atoms with Crippen LogP contribution in [0.5, 0.6) is 0 Å². The summed E-state index contributed by atoms with van der Waals surface area (Å²) in [5, 5.41) is 10.00. The second-order valence-electron chi connectivity index (χ2n) is 5.25. The topological polar surface area (TPSA) is 42.2 Å². The van der Waals surface area contributed by atoms with Gasteiger partial charge in [-0.05, 0) is 36.1 Å². The standard InChI is InChI=1S/C16H19NO2/c1-10(2)12-5-6-15-13(8-12)14(9-17(15)4)11(3)7-16(18)19/h5-10H,1-4H3,(H,18,19)/b11-7+. The third-order valence-corrected chi connectivity index (χ3v) is 3.45. The molecule has 0 aliphatic rings. The molecule has 0 bridgehead atoms. The number of allylic oxidation sites excluding steroid dienone is 1. The Hall–Kier alpha value is -2.03. The number of benzene rings is 1. The van der Waals surface area contributed by atoms with Gasteiger partial charge in [0.2, 0.25) is 0 Å². The molecule has 0 fully saturated rings. The molecular formula is C16H19NO2. The highest BCUT2D eigenvalue weighted by atomic mass is 16.4. The van der Waals surface area contributed by atoms with Crippen molar-refractivity contribution in [2.75, 3.05) is 0 Å². The molecule has 0 amide bonds. The molecule has 100 valence electrons. The highest BCUT2D eigenvalue weighted by Crippen LogP contribution is 2.29. The van der Waals surface area contributed by atoms with E-state index in [1.54, 1.807) is 0 Å². The van der Waals surface area contributed by atoms with Crippen molar-refractivity contribution in [3.63, 3.8) is 0 Å². The highest BCUT2D eigenvalue weighted by molar-refractivity contribution is 5.98. The number of carboxylic acids is 1. The Balaban J connectivity index is 2.67. The number of nitrogens with zero attached hydrogens (tertiary/aromatic N) is 1. The van der Waals surface area contributed by atoms with Crippen molar-refractivity contribution in [3.8, 4) is 0 Å². The van der Waals surface area contributed by atoms with Gasteiger partial charge < -0.3 is 9.67 Å². The highest BCUT2D eigenvalue weighted by Gasteiger charge is 2.10. The molecule has 2 aromatic rings. The first-order chi connectivity index (χ1) is 8.90. The predicted octanol–water partition coefficient (Wildman–Crippen LogP) is 3.79. The van der Waals surface area contributed by atoms with E-state index >= 15 is 0 Å². The largest absolute Gasteiger partial charge is 0.478 e. The molecule has 19 heavy (non-hydrogen) atoms. The molecule has 2 rings (SSSR count). The normalized spacial score (nSPS) is 12.4. The van der Waals surface area contributed by atoms with Crippen LogP contribution < -0.4 is 0 Å². The van der Waals surface area contributed by atoms with Crippen molar-refractivity contribution in [2.24, 2.45) is 7.05 Å². The third-order valence-electron chi connectivity index (χ3n) is 3.45. The Morgan fingerprint density at radius 1 is 1.37 bits per heavy atom. The molecule has 0 aliphatic carbocycles. The molecule has 1 aromatic heterocycles. The number of carboxylic acid groups (broad SMARTS) is 1. The zero-order valence-electron chi connectivity index (χ0n) is 11.8. The number of hydrogen-bond donors (Lipinski definition) is 1. The van der Waals surface area contributed by atoms with Crippen LogP contribution in [0.1, 0.15) is 37.8 Å². The molecule has 0 aliphatic heterocycles. The van der Waals surface area contributed by atoms with Gasteiger partial charge >= 0.3 is 5.97 Å². The lowest BCUT2D eigenvalue weighted by Crippen LogP contribution is -1.90. The second kappa shape index (κ2) is 4.92. The second-order valence-corrected chi connectivity index (χ2v) is 5.25. The number of fused-ring (bicyclic) bond motifs is 1. The summed E-state index contributed by atoms with van der Waals surface area (Å²) in [5.41, 5.74) is 4.15. The van der Waals surface area contributed by atoms with Gasteiger partial charge in [0.15, 0.2) is 0 Å². The van der Waals surface area contributed by atoms with E-state index in [9.17, 15) is 4.79 Å². The number of aromatic nitrogens is 1. The van der Waals surface area contributed by atoms with Crippen molar-refractivity contribution in [1.82, 2.24) is 4.57 Å². The van der Waals surface area contributed by atoms with Gasteiger partial charge in [-0.3, -0.25) is 0 Å². The number of aliphatic carboxylic acids is 1. The fraction of sp³-hybridized carbons (Fsp3) is 0.312. The van der Waals surface area contributed by atoms with Gasteiger partial charge in [0.05, 0.1) is 0 Å². The van der Waals surface area contributed by atoms with Gasteiger partial charge in [0.25, 0.3) is 0 Å². The van der Waals surface area contributed by atoms with E-state index in [1.165, 1.54) is 11.6 Å². The fourth-order valence-corrected chi connectivity index (χ4v) is 2.35. The van der Waals surface area contributed by atoms with E-state index in [-0.39, 0.29) is 0 Å². The third kappa shape index (κ3) is 2.55. The van der Waals surface area contributed by atoms with Gasteiger partial charge in [0, 0.05) is 35.8 Å². The van der Waals surface area contributed by atoms with Crippen molar-refractivity contribution in [1.29, 1.82) is 0 Å². The fourth-order valence-electron chi connectivity index (χ4n) is 2.35. The minimum atomic E-state index is -0.908. The smallest absolute Gasteiger partial charge is 0.328 e. The van der Waals surface area contributed by atoms with E-state index in [4.69, 9.17) is 5.11 Å².